The molecule has 0 spiro atoms. The van der Waals surface area contributed by atoms with Crippen molar-refractivity contribution in [1.29, 1.82) is 0 Å². The molecule has 0 fully saturated rings. The Morgan fingerprint density at radius 3 is 2.28 bits per heavy atom. The number of nitrogens with zero attached hydrogens (tertiary/aromatic N) is 1. The molecule has 0 saturated carbocycles. The number of aryl methyl sites for hydroxylation is 1. The zero-order valence-electron chi connectivity index (χ0n) is 14.7. The van der Waals surface area contributed by atoms with Crippen LogP contribution in [0.1, 0.15) is 49.3 Å². The van der Waals surface area contributed by atoms with Crippen LogP contribution in [-0.2, 0) is 5.41 Å². The first-order chi connectivity index (χ1) is 11.3. The van der Waals surface area contributed by atoms with E-state index in [1.54, 1.807) is 6.92 Å². The summed E-state index contributed by atoms with van der Waals surface area (Å²) in [6, 6.07) is 2.80. The quantitative estimate of drug-likeness (QED) is 0.610. The molecule has 1 heterocycles. The first-order valence-electron chi connectivity index (χ1n) is 7.77. The molecule has 0 atom stereocenters. The molecule has 2 aromatic rings. The number of benzene rings is 1. The van der Waals surface area contributed by atoms with Crippen molar-refractivity contribution in [2.24, 2.45) is 0 Å². The minimum atomic E-state index is -4.46. The molecule has 0 unspecified atom stereocenters. The number of fused-ring (bicyclic) bond motifs is 1. The van der Waals surface area contributed by atoms with Gasteiger partial charge in [0.05, 0.1) is 11.2 Å². The normalized spacial score (nSPS) is 12.5. The van der Waals surface area contributed by atoms with Crippen molar-refractivity contribution >= 4 is 22.4 Å². The Kier molecular flexibility index (Phi) is 4.81. The van der Waals surface area contributed by atoms with Crippen molar-refractivity contribution in [2.75, 3.05) is 11.9 Å². The highest BCUT2D eigenvalue weighted by Crippen LogP contribution is 2.36. The van der Waals surface area contributed by atoms with Crippen LogP contribution in [0.2, 0.25) is 0 Å². The fourth-order valence-electron chi connectivity index (χ4n) is 2.63. The number of pyridine rings is 1. The van der Waals surface area contributed by atoms with E-state index in [-0.39, 0.29) is 22.6 Å². The summed E-state index contributed by atoms with van der Waals surface area (Å²) in [4.78, 5) is 15.9. The molecule has 0 aliphatic carbocycles. The fraction of sp³-hybridized carbons (Fsp3) is 0.444. The van der Waals surface area contributed by atoms with Crippen LogP contribution < -0.4 is 5.32 Å². The number of Topliss-reactive ketones (excluding diaryl/α,β-unsaturated/α-hetero) is 1. The van der Waals surface area contributed by atoms with Crippen molar-refractivity contribution in [3.05, 3.63) is 34.8 Å². The van der Waals surface area contributed by atoms with Crippen LogP contribution in [0.25, 0.3) is 10.9 Å². The van der Waals surface area contributed by atoms with Crippen molar-refractivity contribution in [2.45, 2.75) is 46.2 Å². The standard InChI is InChI=1S/C18H20F4N2O/c1-9-6-12(10(2)25)24-16-11(17(3,4)5)7-13(15(19)14(9)16)23-8-18(20,21)22/h6-7,23H,8H2,1-5H3. The van der Waals surface area contributed by atoms with Crippen LogP contribution in [0, 0.1) is 12.7 Å². The Morgan fingerprint density at radius 1 is 1.20 bits per heavy atom. The van der Waals surface area contributed by atoms with E-state index in [1.165, 1.54) is 19.1 Å². The second kappa shape index (κ2) is 6.28. The first-order valence-corrected chi connectivity index (χ1v) is 7.77. The molecule has 1 N–H and O–H groups in total. The van der Waals surface area contributed by atoms with Gasteiger partial charge in [0.25, 0.3) is 0 Å². The fourth-order valence-corrected chi connectivity index (χ4v) is 2.63. The number of anilines is 1. The van der Waals surface area contributed by atoms with E-state index in [1.807, 2.05) is 20.8 Å². The number of carbonyl (C=O) groups excluding carboxylic acids is 1. The van der Waals surface area contributed by atoms with E-state index in [0.29, 0.717) is 16.6 Å². The molecule has 3 nitrogen and oxygen atoms in total. The van der Waals surface area contributed by atoms with E-state index in [0.717, 1.165) is 0 Å². The summed E-state index contributed by atoms with van der Waals surface area (Å²) in [5, 5.41) is 2.25. The molecule has 1 aromatic heterocycles. The third-order valence-corrected chi connectivity index (χ3v) is 3.86. The number of nitrogens with one attached hydrogen (secondary N) is 1. The van der Waals surface area contributed by atoms with Gasteiger partial charge in [0.1, 0.15) is 12.2 Å². The number of rotatable bonds is 3. The third-order valence-electron chi connectivity index (χ3n) is 3.86. The number of alkyl halides is 3. The number of ketones is 1. The molecule has 136 valence electrons. The largest absolute Gasteiger partial charge is 0.405 e. The highest BCUT2D eigenvalue weighted by atomic mass is 19.4. The van der Waals surface area contributed by atoms with Crippen LogP contribution >= 0.6 is 0 Å². The van der Waals surface area contributed by atoms with Gasteiger partial charge < -0.3 is 5.32 Å². The molecular formula is C18H20F4N2O. The van der Waals surface area contributed by atoms with Crippen LogP contribution in [-0.4, -0.2) is 23.5 Å². The van der Waals surface area contributed by atoms with Crippen LogP contribution in [0.15, 0.2) is 12.1 Å². The van der Waals surface area contributed by atoms with E-state index in [9.17, 15) is 22.4 Å². The van der Waals surface area contributed by atoms with Gasteiger partial charge in [-0.1, -0.05) is 20.8 Å². The van der Waals surface area contributed by atoms with Gasteiger partial charge >= 0.3 is 6.18 Å². The second-order valence-corrected chi connectivity index (χ2v) is 7.11. The van der Waals surface area contributed by atoms with Gasteiger partial charge in [-0.2, -0.15) is 13.2 Å². The Balaban J connectivity index is 2.79. The van der Waals surface area contributed by atoms with E-state index >= 15 is 0 Å². The van der Waals surface area contributed by atoms with Gasteiger partial charge in [0.2, 0.25) is 0 Å². The van der Waals surface area contributed by atoms with Crippen LogP contribution in [0.4, 0.5) is 23.2 Å². The summed E-state index contributed by atoms with van der Waals surface area (Å²) in [5.41, 5.74) is 0.789. The van der Waals surface area contributed by atoms with Crippen molar-refractivity contribution in [1.82, 2.24) is 4.98 Å². The lowest BCUT2D eigenvalue weighted by Gasteiger charge is -2.24. The predicted molar refractivity (Wildman–Crippen MR) is 89.7 cm³/mol. The molecule has 0 bridgehead atoms. The zero-order chi connectivity index (χ0) is 19.2. The smallest absolute Gasteiger partial charge is 0.374 e. The average Bonchev–Trinajstić information content (AvgIpc) is 2.43. The van der Waals surface area contributed by atoms with Crippen LogP contribution in [0.5, 0.6) is 0 Å². The van der Waals surface area contributed by atoms with Crippen molar-refractivity contribution in [3.8, 4) is 0 Å². The summed E-state index contributed by atoms with van der Waals surface area (Å²) >= 11 is 0. The number of halogens is 4. The Labute approximate surface area is 143 Å². The molecule has 0 aliphatic rings. The molecule has 7 heteroatoms. The van der Waals surface area contributed by atoms with Crippen LogP contribution in [0.3, 0.4) is 0 Å². The maximum atomic E-state index is 14.9. The highest BCUT2D eigenvalue weighted by Gasteiger charge is 2.29. The lowest BCUT2D eigenvalue weighted by atomic mass is 9.84. The minimum Gasteiger partial charge on any atom is -0.374 e. The summed E-state index contributed by atoms with van der Waals surface area (Å²) in [6.45, 7) is 7.19. The second-order valence-electron chi connectivity index (χ2n) is 7.11. The third kappa shape index (κ3) is 4.08. The summed E-state index contributed by atoms with van der Waals surface area (Å²) < 4.78 is 52.4. The first kappa shape index (κ1) is 19.1. The minimum absolute atomic E-state index is 0.127. The lowest BCUT2D eigenvalue weighted by Crippen LogP contribution is -2.23. The summed E-state index contributed by atoms with van der Waals surface area (Å²) in [6.07, 6.45) is -4.46. The molecular weight excluding hydrogens is 336 g/mol. The predicted octanol–water partition coefficient (Wildman–Crippen LogP) is 5.16. The van der Waals surface area contributed by atoms with Gasteiger partial charge in [0.15, 0.2) is 11.6 Å². The van der Waals surface area contributed by atoms with Gasteiger partial charge in [-0.25, -0.2) is 9.37 Å². The van der Waals surface area contributed by atoms with E-state index in [4.69, 9.17) is 0 Å². The summed E-state index contributed by atoms with van der Waals surface area (Å²) in [7, 11) is 0. The van der Waals surface area contributed by atoms with Crippen molar-refractivity contribution < 1.29 is 22.4 Å². The number of aromatic nitrogens is 1. The molecule has 25 heavy (non-hydrogen) atoms. The lowest BCUT2D eigenvalue weighted by molar-refractivity contribution is -0.115. The maximum Gasteiger partial charge on any atom is 0.405 e. The Morgan fingerprint density at radius 2 is 1.80 bits per heavy atom. The average molecular weight is 356 g/mol. The molecule has 0 radical (unpaired) electrons. The topological polar surface area (TPSA) is 42.0 Å². The number of carbonyl (C=O) groups is 1. The van der Waals surface area contributed by atoms with Gasteiger partial charge in [-0.3, -0.25) is 4.79 Å². The highest BCUT2D eigenvalue weighted by molar-refractivity contribution is 5.97. The van der Waals surface area contributed by atoms with Gasteiger partial charge in [-0.05, 0) is 35.6 Å². The van der Waals surface area contributed by atoms with Crippen molar-refractivity contribution in [3.63, 3.8) is 0 Å². The van der Waals surface area contributed by atoms with Gasteiger partial charge in [-0.15, -0.1) is 0 Å². The maximum absolute atomic E-state index is 14.9. The number of hydrogen-bond acceptors (Lipinski definition) is 3. The number of hydrogen-bond donors (Lipinski definition) is 1. The molecule has 2 rings (SSSR count). The van der Waals surface area contributed by atoms with E-state index < -0.39 is 24.0 Å². The monoisotopic (exact) mass is 356 g/mol. The Bertz CT molecular complexity index is 836. The van der Waals surface area contributed by atoms with E-state index in [2.05, 4.69) is 10.3 Å². The molecule has 1 aromatic carbocycles. The Hall–Kier alpha value is -2.18. The van der Waals surface area contributed by atoms with Gasteiger partial charge in [0, 0.05) is 12.3 Å². The summed E-state index contributed by atoms with van der Waals surface area (Å²) in [5.74, 6) is -1.06. The molecule has 0 saturated heterocycles. The molecule has 0 aliphatic heterocycles. The zero-order valence-corrected chi connectivity index (χ0v) is 14.7. The molecule has 0 amide bonds. The SMILES string of the molecule is CC(=O)c1cc(C)c2c(F)c(NCC(F)(F)F)cc(C(C)(C)C)c2n1.